The molecule has 1 aromatic rings. The average Bonchev–Trinajstić information content (AvgIpc) is 3.50. The number of nitrogens with zero attached hydrogens (tertiary/aromatic N) is 1. The molecule has 0 radical (unpaired) electrons. The van der Waals surface area contributed by atoms with E-state index in [-0.39, 0.29) is 43.2 Å². The third-order valence-electron chi connectivity index (χ3n) is 9.43. The van der Waals surface area contributed by atoms with Crippen molar-refractivity contribution in [1.29, 1.82) is 0 Å². The molecule has 46 heavy (non-hydrogen) atoms. The molecule has 0 aromatic carbocycles. The summed E-state index contributed by atoms with van der Waals surface area (Å²) in [4.78, 5) is 29.9. The van der Waals surface area contributed by atoms with Gasteiger partial charge in [0.15, 0.2) is 12.0 Å². The molecule has 2 fully saturated rings. The third kappa shape index (κ3) is 8.83. The summed E-state index contributed by atoms with van der Waals surface area (Å²) in [5.74, 6) is -1.68. The number of aromatic nitrogens is 1. The van der Waals surface area contributed by atoms with Gasteiger partial charge in [0.05, 0.1) is 18.3 Å². The molecule has 3 aliphatic heterocycles. The minimum absolute atomic E-state index is 0.0108. The van der Waals surface area contributed by atoms with Crippen LogP contribution in [0.3, 0.4) is 0 Å². The van der Waals surface area contributed by atoms with Crippen molar-refractivity contribution in [3.63, 3.8) is 0 Å². The van der Waals surface area contributed by atoms with Crippen LogP contribution in [0.15, 0.2) is 52.2 Å². The molecule has 0 spiro atoms. The minimum atomic E-state index is -1.84. The van der Waals surface area contributed by atoms with Crippen molar-refractivity contribution in [3.05, 3.63) is 59.4 Å². The number of hydrogen-bond acceptors (Lipinski definition) is 11. The second kappa shape index (κ2) is 15.2. The molecule has 0 amide bonds. The number of hydrogen-bond donors (Lipinski definition) is 3. The Kier molecular flexibility index (Phi) is 11.8. The summed E-state index contributed by atoms with van der Waals surface area (Å²) in [6.45, 7) is 11.2. The Labute approximate surface area is 271 Å². The van der Waals surface area contributed by atoms with E-state index in [9.17, 15) is 24.9 Å². The minimum Gasteiger partial charge on any atom is -0.462 e. The molecule has 0 saturated carbocycles. The van der Waals surface area contributed by atoms with E-state index in [1.54, 1.807) is 27.2 Å². The smallest absolute Gasteiger partial charge is 0.337 e. The molecular formula is C35H49NO10. The third-order valence-corrected chi connectivity index (χ3v) is 9.43. The fraction of sp³-hybridized carbons (Fsp3) is 0.629. The van der Waals surface area contributed by atoms with E-state index in [2.05, 4.69) is 4.98 Å². The number of cyclic esters (lactones) is 1. The standard InChI is InChI=1S/C35H49NO10/c1-19(13-25-18-43-23(5)36-25)9-8-10-21(3)33(42-7)22(4)28-17-29(38)35(6)30(46-35)12-11-20(2)27-15-24(16-31(39)44-27)14-26(37)32(40)34(41)45-28/h8-13,18,20,22,24,26-30,32-33,37-38,40H,14-17H2,1-7H3/b9-8+,12-11+,19-13+,21-10-. The molecule has 11 heteroatoms. The summed E-state index contributed by atoms with van der Waals surface area (Å²) < 4.78 is 28.4. The van der Waals surface area contributed by atoms with Crippen molar-refractivity contribution in [1.82, 2.24) is 4.98 Å². The molecule has 4 heterocycles. The van der Waals surface area contributed by atoms with Gasteiger partial charge in [-0.25, -0.2) is 9.78 Å². The van der Waals surface area contributed by atoms with Crippen LogP contribution in [-0.2, 0) is 28.5 Å². The maximum absolute atomic E-state index is 13.2. The molecule has 2 bridgehead atoms. The van der Waals surface area contributed by atoms with Gasteiger partial charge in [-0.05, 0) is 56.8 Å². The fourth-order valence-corrected chi connectivity index (χ4v) is 6.41. The molecule has 0 aliphatic carbocycles. The van der Waals surface area contributed by atoms with Crippen LogP contribution < -0.4 is 0 Å². The predicted octanol–water partition coefficient (Wildman–Crippen LogP) is 4.00. The first-order valence-electron chi connectivity index (χ1n) is 16.0. The normalized spacial score (nSPS) is 36.8. The number of carbonyl (C=O) groups excluding carboxylic acids is 2. The van der Waals surface area contributed by atoms with Gasteiger partial charge in [0.25, 0.3) is 0 Å². The van der Waals surface area contributed by atoms with Gasteiger partial charge in [-0.3, -0.25) is 4.79 Å². The number of fused-ring (bicyclic) bond motifs is 3. The Morgan fingerprint density at radius 3 is 2.54 bits per heavy atom. The summed E-state index contributed by atoms with van der Waals surface area (Å²) in [6.07, 6.45) is 7.08. The second-order valence-corrected chi connectivity index (χ2v) is 13.2. The van der Waals surface area contributed by atoms with Crippen molar-refractivity contribution in [2.75, 3.05) is 7.11 Å². The Hall–Kier alpha value is -3.09. The van der Waals surface area contributed by atoms with Crippen molar-refractivity contribution in [2.45, 2.75) is 116 Å². The largest absolute Gasteiger partial charge is 0.462 e. The van der Waals surface area contributed by atoms with E-state index in [1.807, 2.05) is 64.2 Å². The zero-order valence-corrected chi connectivity index (χ0v) is 27.8. The first kappa shape index (κ1) is 35.8. The van der Waals surface area contributed by atoms with Crippen LogP contribution in [0.4, 0.5) is 0 Å². The number of epoxide rings is 1. The van der Waals surface area contributed by atoms with Gasteiger partial charge < -0.3 is 38.7 Å². The maximum Gasteiger partial charge on any atom is 0.337 e. The molecule has 2 saturated heterocycles. The molecule has 1 aromatic heterocycles. The number of allylic oxidation sites excluding steroid dienone is 4. The lowest BCUT2D eigenvalue weighted by atomic mass is 9.84. The first-order chi connectivity index (χ1) is 21.7. The number of aryl methyl sites for hydroxylation is 1. The lowest BCUT2D eigenvalue weighted by Gasteiger charge is -2.34. The van der Waals surface area contributed by atoms with E-state index >= 15 is 0 Å². The van der Waals surface area contributed by atoms with Gasteiger partial charge in [0, 0.05) is 38.7 Å². The summed E-state index contributed by atoms with van der Waals surface area (Å²) >= 11 is 0. The molecular weight excluding hydrogens is 594 g/mol. The lowest BCUT2D eigenvalue weighted by Crippen LogP contribution is -2.45. The van der Waals surface area contributed by atoms with E-state index in [4.69, 9.17) is 23.4 Å². The van der Waals surface area contributed by atoms with Gasteiger partial charge in [-0.15, -0.1) is 0 Å². The second-order valence-electron chi connectivity index (χ2n) is 13.2. The quantitative estimate of drug-likeness (QED) is 0.170. The van der Waals surface area contributed by atoms with Crippen LogP contribution in [0.25, 0.3) is 6.08 Å². The van der Waals surface area contributed by atoms with Gasteiger partial charge >= 0.3 is 11.9 Å². The zero-order valence-electron chi connectivity index (χ0n) is 27.8. The Morgan fingerprint density at radius 1 is 1.13 bits per heavy atom. The number of methoxy groups -OCH3 is 1. The highest BCUT2D eigenvalue weighted by molar-refractivity contribution is 5.75. The van der Waals surface area contributed by atoms with Crippen molar-refractivity contribution < 1.29 is 48.3 Å². The number of ether oxygens (including phenoxy) is 4. The van der Waals surface area contributed by atoms with E-state index in [0.29, 0.717) is 12.3 Å². The van der Waals surface area contributed by atoms with E-state index in [1.165, 1.54) is 0 Å². The highest BCUT2D eigenvalue weighted by Gasteiger charge is 2.57. The van der Waals surface area contributed by atoms with Crippen LogP contribution >= 0.6 is 0 Å². The number of rotatable bonds is 7. The number of aliphatic hydroxyl groups excluding tert-OH is 3. The Bertz CT molecular complexity index is 1350. The number of oxazole rings is 1. The summed E-state index contributed by atoms with van der Waals surface area (Å²) in [6, 6.07) is 0. The van der Waals surface area contributed by atoms with Crippen LogP contribution in [0.1, 0.15) is 71.9 Å². The van der Waals surface area contributed by atoms with E-state index < -0.39 is 54.1 Å². The lowest BCUT2D eigenvalue weighted by molar-refractivity contribution is -0.173. The Morgan fingerprint density at radius 2 is 1.87 bits per heavy atom. The van der Waals surface area contributed by atoms with E-state index in [0.717, 1.165) is 16.8 Å². The highest BCUT2D eigenvalue weighted by Crippen LogP contribution is 2.43. The summed E-state index contributed by atoms with van der Waals surface area (Å²) in [5.41, 5.74) is 1.60. The molecule has 3 aliphatic rings. The van der Waals surface area contributed by atoms with Crippen LogP contribution in [-0.4, -0.2) is 87.7 Å². The summed E-state index contributed by atoms with van der Waals surface area (Å²) in [7, 11) is 1.56. The molecule has 3 N–H and O–H groups in total. The van der Waals surface area contributed by atoms with Crippen LogP contribution in [0, 0.1) is 24.7 Å². The van der Waals surface area contributed by atoms with Crippen molar-refractivity contribution in [3.8, 4) is 0 Å². The maximum atomic E-state index is 13.2. The zero-order chi connectivity index (χ0) is 33.8. The van der Waals surface area contributed by atoms with Gasteiger partial charge in [-0.1, -0.05) is 44.2 Å². The molecule has 4 rings (SSSR count). The molecule has 11 atom stereocenters. The van der Waals surface area contributed by atoms with Crippen molar-refractivity contribution >= 4 is 18.0 Å². The van der Waals surface area contributed by atoms with Gasteiger partial charge in [0.2, 0.25) is 0 Å². The van der Waals surface area contributed by atoms with Gasteiger partial charge in [0.1, 0.15) is 35.9 Å². The molecule has 254 valence electrons. The SMILES string of the molecule is COC(\C(C)=C/C=C/C(C)=C/c1coc(C)n1)C(C)C1CC(O)C2(C)OC2/C=C/C(C)C2CC(CC(=O)O2)CC(O)C(O)C(=O)O1. The molecule has 11 unspecified atom stereocenters. The van der Waals surface area contributed by atoms with Crippen LogP contribution in [0.5, 0.6) is 0 Å². The topological polar surface area (TPSA) is 161 Å². The number of esters is 2. The van der Waals surface area contributed by atoms with Crippen LogP contribution in [0.2, 0.25) is 0 Å². The monoisotopic (exact) mass is 643 g/mol. The van der Waals surface area contributed by atoms with Crippen molar-refractivity contribution in [2.24, 2.45) is 17.8 Å². The average molecular weight is 644 g/mol. The highest BCUT2D eigenvalue weighted by atomic mass is 16.6. The molecule has 11 nitrogen and oxygen atoms in total. The van der Waals surface area contributed by atoms with Gasteiger partial charge in [-0.2, -0.15) is 0 Å². The summed E-state index contributed by atoms with van der Waals surface area (Å²) in [5, 5.41) is 33.0. The number of aliphatic hydroxyl groups is 3. The Balaban J connectivity index is 1.55. The number of carbonyl (C=O) groups is 2. The predicted molar refractivity (Wildman–Crippen MR) is 169 cm³/mol. The fourth-order valence-electron chi connectivity index (χ4n) is 6.41. The first-order valence-corrected chi connectivity index (χ1v) is 16.0.